The van der Waals surface area contributed by atoms with Crippen LogP contribution in [0.4, 0.5) is 11.4 Å². The summed E-state index contributed by atoms with van der Waals surface area (Å²) in [4.78, 5) is 13.4. The van der Waals surface area contributed by atoms with Crippen molar-refractivity contribution in [1.82, 2.24) is 20.2 Å². The molecule has 0 aliphatic carbocycles. The van der Waals surface area contributed by atoms with E-state index in [9.17, 15) is 4.79 Å². The van der Waals surface area contributed by atoms with E-state index in [4.69, 9.17) is 10.5 Å². The van der Waals surface area contributed by atoms with Crippen molar-refractivity contribution in [2.75, 3.05) is 11.1 Å². The molecule has 1 aromatic heterocycles. The van der Waals surface area contributed by atoms with Crippen LogP contribution in [-0.4, -0.2) is 31.8 Å². The number of aryl methyl sites for hydroxylation is 1. The van der Waals surface area contributed by atoms with Gasteiger partial charge in [-0.25, -0.2) is 4.79 Å². The number of ether oxygens (including phenoxy) is 1. The fourth-order valence-corrected chi connectivity index (χ4v) is 1.74. The van der Waals surface area contributed by atoms with Gasteiger partial charge in [-0.05, 0) is 44.2 Å². The second-order valence-corrected chi connectivity index (χ2v) is 5.85. The van der Waals surface area contributed by atoms with Crippen LogP contribution < -0.4 is 11.1 Å². The molecule has 0 saturated heterocycles. The molecule has 0 unspecified atom stereocenters. The van der Waals surface area contributed by atoms with Crippen LogP contribution in [0.25, 0.3) is 0 Å². The van der Waals surface area contributed by atoms with Crippen molar-refractivity contribution >= 4 is 17.3 Å². The number of aromatic nitrogens is 4. The van der Waals surface area contributed by atoms with Gasteiger partial charge in [0.05, 0.1) is 30.5 Å². The number of nitrogen functional groups attached to an aromatic ring is 1. The summed E-state index contributed by atoms with van der Waals surface area (Å²) in [7, 11) is 1.69. The van der Waals surface area contributed by atoms with Crippen molar-refractivity contribution < 1.29 is 9.53 Å². The molecule has 0 atom stereocenters. The third-order valence-corrected chi connectivity index (χ3v) is 2.67. The molecule has 22 heavy (non-hydrogen) atoms. The summed E-state index contributed by atoms with van der Waals surface area (Å²) in [5.74, 6) is 0.137. The highest BCUT2D eigenvalue weighted by Crippen LogP contribution is 2.22. The molecule has 0 aliphatic rings. The van der Waals surface area contributed by atoms with Gasteiger partial charge in [0.2, 0.25) is 0 Å². The smallest absolute Gasteiger partial charge is 0.338 e. The van der Waals surface area contributed by atoms with Gasteiger partial charge < -0.3 is 15.8 Å². The zero-order chi connectivity index (χ0) is 16.3. The molecule has 0 bridgehead atoms. The predicted molar refractivity (Wildman–Crippen MR) is 82.1 cm³/mol. The lowest BCUT2D eigenvalue weighted by Gasteiger charge is -2.20. The number of nitrogens with two attached hydrogens (primary N) is 1. The highest BCUT2D eigenvalue weighted by molar-refractivity contribution is 5.92. The lowest BCUT2D eigenvalue weighted by Crippen LogP contribution is -2.24. The number of tetrazole rings is 1. The minimum Gasteiger partial charge on any atom is -0.456 e. The third-order valence-electron chi connectivity index (χ3n) is 2.67. The number of nitrogens with one attached hydrogen (secondary N) is 1. The number of hydrogen-bond donors (Lipinski definition) is 2. The van der Waals surface area contributed by atoms with Gasteiger partial charge in [0.1, 0.15) is 5.60 Å². The topological polar surface area (TPSA) is 108 Å². The molecule has 1 heterocycles. The Balaban J connectivity index is 2.11. The predicted octanol–water partition coefficient (Wildman–Crippen LogP) is 1.36. The van der Waals surface area contributed by atoms with Gasteiger partial charge in [-0.3, -0.25) is 0 Å². The maximum absolute atomic E-state index is 12.1. The van der Waals surface area contributed by atoms with Crippen LogP contribution in [0.2, 0.25) is 0 Å². The van der Waals surface area contributed by atoms with E-state index in [-0.39, 0.29) is 0 Å². The first-order valence-corrected chi connectivity index (χ1v) is 6.84. The molecule has 0 radical (unpaired) electrons. The third kappa shape index (κ3) is 4.18. The first-order valence-electron chi connectivity index (χ1n) is 6.84. The molecule has 1 aromatic carbocycles. The monoisotopic (exact) mass is 304 g/mol. The standard InChI is InChI=1S/C14H20N6O2/c1-14(2,3)22-13(21)9-5-6-10(15)11(7-9)16-8-12-17-19-20(4)18-12/h5-7,16H,8,15H2,1-4H3. The van der Waals surface area contributed by atoms with Gasteiger partial charge in [0.25, 0.3) is 0 Å². The van der Waals surface area contributed by atoms with Gasteiger partial charge in [-0.1, -0.05) is 0 Å². The molecule has 0 saturated carbocycles. The van der Waals surface area contributed by atoms with Crippen LogP contribution in [0, 0.1) is 0 Å². The summed E-state index contributed by atoms with van der Waals surface area (Å²) in [5, 5.41) is 14.8. The van der Waals surface area contributed by atoms with Crippen molar-refractivity contribution in [3.05, 3.63) is 29.6 Å². The maximum Gasteiger partial charge on any atom is 0.338 e. The summed E-state index contributed by atoms with van der Waals surface area (Å²) in [6.45, 7) is 5.82. The second kappa shape index (κ2) is 6.00. The molecule has 0 spiro atoms. The largest absolute Gasteiger partial charge is 0.456 e. The normalized spacial score (nSPS) is 11.3. The number of hydrogen-bond acceptors (Lipinski definition) is 7. The number of nitrogens with zero attached hydrogens (tertiary/aromatic N) is 4. The molecule has 3 N–H and O–H groups in total. The number of carbonyl (C=O) groups excluding carboxylic acids is 1. The fraction of sp³-hybridized carbons (Fsp3) is 0.429. The highest BCUT2D eigenvalue weighted by atomic mass is 16.6. The van der Waals surface area contributed by atoms with Crippen LogP contribution in [0.15, 0.2) is 18.2 Å². The van der Waals surface area contributed by atoms with E-state index in [1.807, 2.05) is 20.8 Å². The number of rotatable bonds is 4. The van der Waals surface area contributed by atoms with Gasteiger partial charge in [-0.2, -0.15) is 4.80 Å². The lowest BCUT2D eigenvalue weighted by atomic mass is 10.1. The lowest BCUT2D eigenvalue weighted by molar-refractivity contribution is 0.00696. The van der Waals surface area contributed by atoms with Crippen LogP contribution >= 0.6 is 0 Å². The fourth-order valence-electron chi connectivity index (χ4n) is 1.74. The van der Waals surface area contributed by atoms with Gasteiger partial charge >= 0.3 is 5.97 Å². The Labute approximate surface area is 128 Å². The molecule has 118 valence electrons. The van der Waals surface area contributed by atoms with Crippen molar-refractivity contribution in [2.45, 2.75) is 32.9 Å². The highest BCUT2D eigenvalue weighted by Gasteiger charge is 2.18. The molecular formula is C14H20N6O2. The molecule has 2 aromatic rings. The minimum atomic E-state index is -0.546. The second-order valence-electron chi connectivity index (χ2n) is 5.85. The number of benzene rings is 1. The number of anilines is 2. The van der Waals surface area contributed by atoms with Crippen LogP contribution in [0.5, 0.6) is 0 Å². The van der Waals surface area contributed by atoms with E-state index in [1.54, 1.807) is 25.2 Å². The van der Waals surface area contributed by atoms with Crippen molar-refractivity contribution in [3.8, 4) is 0 Å². The van der Waals surface area contributed by atoms with E-state index in [1.165, 1.54) is 4.80 Å². The maximum atomic E-state index is 12.1. The molecule has 2 rings (SSSR count). The van der Waals surface area contributed by atoms with E-state index in [0.29, 0.717) is 29.3 Å². The zero-order valence-electron chi connectivity index (χ0n) is 13.1. The summed E-state index contributed by atoms with van der Waals surface area (Å²) in [6, 6.07) is 4.95. The average molecular weight is 304 g/mol. The Hall–Kier alpha value is -2.64. The first kappa shape index (κ1) is 15.7. The summed E-state index contributed by atoms with van der Waals surface area (Å²) in [5.41, 5.74) is 6.94. The van der Waals surface area contributed by atoms with Gasteiger partial charge in [-0.15, -0.1) is 10.2 Å². The molecule has 8 heteroatoms. The van der Waals surface area contributed by atoms with Crippen LogP contribution in [-0.2, 0) is 18.3 Å². The number of carbonyl (C=O) groups is 1. The zero-order valence-corrected chi connectivity index (χ0v) is 13.1. The SMILES string of the molecule is Cn1nnc(CNc2cc(C(=O)OC(C)(C)C)ccc2N)n1. The molecular weight excluding hydrogens is 284 g/mol. The molecule has 0 fully saturated rings. The molecule has 0 amide bonds. The summed E-state index contributed by atoms with van der Waals surface area (Å²) in [6.07, 6.45) is 0. The molecule has 0 aliphatic heterocycles. The van der Waals surface area contributed by atoms with Crippen molar-refractivity contribution in [3.63, 3.8) is 0 Å². The van der Waals surface area contributed by atoms with Gasteiger partial charge in [0.15, 0.2) is 5.82 Å². The summed E-state index contributed by atoms with van der Waals surface area (Å²) >= 11 is 0. The first-order chi connectivity index (χ1) is 10.2. The van der Waals surface area contributed by atoms with Crippen LogP contribution in [0.3, 0.4) is 0 Å². The Bertz CT molecular complexity index is 674. The summed E-state index contributed by atoms with van der Waals surface area (Å²) < 4.78 is 5.34. The Kier molecular flexibility index (Phi) is 4.30. The van der Waals surface area contributed by atoms with Crippen molar-refractivity contribution in [1.29, 1.82) is 0 Å². The van der Waals surface area contributed by atoms with Crippen LogP contribution in [0.1, 0.15) is 37.0 Å². The number of esters is 1. The van der Waals surface area contributed by atoms with Gasteiger partial charge in [0, 0.05) is 0 Å². The minimum absolute atomic E-state index is 0.357. The van der Waals surface area contributed by atoms with E-state index < -0.39 is 11.6 Å². The molecule has 8 nitrogen and oxygen atoms in total. The van der Waals surface area contributed by atoms with E-state index in [2.05, 4.69) is 20.7 Å². The Morgan fingerprint density at radius 1 is 1.41 bits per heavy atom. The van der Waals surface area contributed by atoms with E-state index >= 15 is 0 Å². The average Bonchev–Trinajstić information content (AvgIpc) is 2.81. The van der Waals surface area contributed by atoms with E-state index in [0.717, 1.165) is 0 Å². The van der Waals surface area contributed by atoms with Crippen molar-refractivity contribution in [2.24, 2.45) is 7.05 Å². The Morgan fingerprint density at radius 2 is 2.14 bits per heavy atom. The Morgan fingerprint density at radius 3 is 2.73 bits per heavy atom. The quantitative estimate of drug-likeness (QED) is 0.648.